The highest BCUT2D eigenvalue weighted by molar-refractivity contribution is 5.83. The van der Waals surface area contributed by atoms with E-state index >= 15 is 0 Å². The van der Waals surface area contributed by atoms with E-state index in [0.29, 0.717) is 25.3 Å². The molecule has 3 heterocycles. The molecule has 0 bridgehead atoms. The van der Waals surface area contributed by atoms with Gasteiger partial charge in [0, 0.05) is 43.9 Å². The summed E-state index contributed by atoms with van der Waals surface area (Å²) in [6.07, 6.45) is 5.01. The number of carbonyl (C=O) groups excluding carboxylic acids is 2. The monoisotopic (exact) mass is 276 g/mol. The van der Waals surface area contributed by atoms with Gasteiger partial charge in [-0.2, -0.15) is 5.10 Å². The van der Waals surface area contributed by atoms with Crippen molar-refractivity contribution >= 4 is 11.8 Å². The minimum atomic E-state index is -0.0479. The third-order valence-electron chi connectivity index (χ3n) is 4.31. The van der Waals surface area contributed by atoms with Gasteiger partial charge >= 0.3 is 0 Å². The second-order valence-corrected chi connectivity index (χ2v) is 5.68. The molecule has 2 aliphatic heterocycles. The summed E-state index contributed by atoms with van der Waals surface area (Å²) in [6.45, 7) is 2.07. The normalized spacial score (nSPS) is 27.2. The number of amides is 2. The lowest BCUT2D eigenvalue weighted by Crippen LogP contribution is -2.47. The van der Waals surface area contributed by atoms with Crippen LogP contribution in [-0.4, -0.2) is 46.5 Å². The predicted octanol–water partition coefficient (Wildman–Crippen LogP) is 0.642. The van der Waals surface area contributed by atoms with Gasteiger partial charge in [-0.05, 0) is 25.3 Å². The number of likely N-dealkylation sites (tertiary alicyclic amines) is 1. The molecule has 2 N–H and O–H groups in total. The molecule has 6 nitrogen and oxygen atoms in total. The largest absolute Gasteiger partial charge is 0.355 e. The van der Waals surface area contributed by atoms with Crippen molar-refractivity contribution in [3.63, 3.8) is 0 Å². The Hall–Kier alpha value is -1.85. The van der Waals surface area contributed by atoms with Crippen LogP contribution in [0.4, 0.5) is 0 Å². The van der Waals surface area contributed by atoms with Crippen molar-refractivity contribution in [2.75, 3.05) is 19.6 Å². The summed E-state index contributed by atoms with van der Waals surface area (Å²) in [4.78, 5) is 25.6. The number of nitrogens with one attached hydrogen (secondary N) is 2. The Morgan fingerprint density at radius 3 is 3.00 bits per heavy atom. The number of carbonyl (C=O) groups is 2. The van der Waals surface area contributed by atoms with Gasteiger partial charge < -0.3 is 10.2 Å². The summed E-state index contributed by atoms with van der Waals surface area (Å²) in [7, 11) is 0. The topological polar surface area (TPSA) is 78.1 Å². The highest BCUT2D eigenvalue weighted by atomic mass is 16.2. The molecule has 2 amide bonds. The van der Waals surface area contributed by atoms with E-state index in [0.717, 1.165) is 31.6 Å². The first-order valence-electron chi connectivity index (χ1n) is 7.29. The van der Waals surface area contributed by atoms with E-state index < -0.39 is 0 Å². The molecule has 20 heavy (non-hydrogen) atoms. The molecular formula is C14H20N4O2. The van der Waals surface area contributed by atoms with Gasteiger partial charge in [-0.15, -0.1) is 0 Å². The predicted molar refractivity (Wildman–Crippen MR) is 72.9 cm³/mol. The number of nitrogens with zero attached hydrogens (tertiary/aromatic N) is 2. The summed E-state index contributed by atoms with van der Waals surface area (Å²) in [5, 5.41) is 9.78. The van der Waals surface area contributed by atoms with Crippen LogP contribution in [0.5, 0.6) is 0 Å². The van der Waals surface area contributed by atoms with Gasteiger partial charge in [-0.3, -0.25) is 14.7 Å². The van der Waals surface area contributed by atoms with E-state index in [2.05, 4.69) is 15.5 Å². The van der Waals surface area contributed by atoms with Gasteiger partial charge in [-0.1, -0.05) is 0 Å². The zero-order chi connectivity index (χ0) is 13.9. The number of hydrogen-bond acceptors (Lipinski definition) is 3. The molecule has 0 aliphatic carbocycles. The van der Waals surface area contributed by atoms with Crippen LogP contribution in [0.1, 0.15) is 37.3 Å². The molecule has 2 fully saturated rings. The fourth-order valence-corrected chi connectivity index (χ4v) is 3.13. The summed E-state index contributed by atoms with van der Waals surface area (Å²) in [5.41, 5.74) is 1.11. The van der Waals surface area contributed by atoms with E-state index in [1.807, 2.05) is 11.0 Å². The Bertz CT molecular complexity index is 475. The number of piperidine rings is 2. The zero-order valence-corrected chi connectivity index (χ0v) is 11.5. The minimum absolute atomic E-state index is 0.0479. The quantitative estimate of drug-likeness (QED) is 0.832. The first kappa shape index (κ1) is 13.1. The van der Waals surface area contributed by atoms with Gasteiger partial charge in [-0.25, -0.2) is 0 Å². The third-order valence-corrected chi connectivity index (χ3v) is 4.31. The van der Waals surface area contributed by atoms with Crippen LogP contribution < -0.4 is 5.32 Å². The Labute approximate surface area is 117 Å². The van der Waals surface area contributed by atoms with Crippen molar-refractivity contribution in [3.8, 4) is 0 Å². The maximum Gasteiger partial charge on any atom is 0.227 e. The molecule has 0 aromatic carbocycles. The molecule has 2 unspecified atom stereocenters. The van der Waals surface area contributed by atoms with E-state index in [1.54, 1.807) is 6.20 Å². The number of rotatable bonds is 2. The molecule has 1 aromatic heterocycles. The Morgan fingerprint density at radius 1 is 1.40 bits per heavy atom. The van der Waals surface area contributed by atoms with Crippen molar-refractivity contribution in [1.82, 2.24) is 20.4 Å². The molecule has 108 valence electrons. The van der Waals surface area contributed by atoms with Crippen molar-refractivity contribution in [2.24, 2.45) is 5.92 Å². The smallest absolute Gasteiger partial charge is 0.227 e. The SMILES string of the molecule is O=C1CCC(C(=O)N2CCCC(c3ccn[nH]3)C2)CN1. The number of H-pyrrole nitrogens is 1. The van der Waals surface area contributed by atoms with Crippen LogP contribution in [0.15, 0.2) is 12.3 Å². The van der Waals surface area contributed by atoms with Gasteiger partial charge in [0.2, 0.25) is 11.8 Å². The third kappa shape index (κ3) is 2.69. The van der Waals surface area contributed by atoms with Gasteiger partial charge in [0.1, 0.15) is 0 Å². The van der Waals surface area contributed by atoms with E-state index in [9.17, 15) is 9.59 Å². The fourth-order valence-electron chi connectivity index (χ4n) is 3.13. The van der Waals surface area contributed by atoms with Crippen LogP contribution >= 0.6 is 0 Å². The summed E-state index contributed by atoms with van der Waals surface area (Å²) in [5.74, 6) is 0.554. The average Bonchev–Trinajstić information content (AvgIpc) is 3.02. The van der Waals surface area contributed by atoms with Crippen LogP contribution in [0.3, 0.4) is 0 Å². The summed E-state index contributed by atoms with van der Waals surface area (Å²) < 4.78 is 0. The first-order valence-corrected chi connectivity index (χ1v) is 7.29. The maximum absolute atomic E-state index is 12.5. The highest BCUT2D eigenvalue weighted by Gasteiger charge is 2.31. The Balaban J connectivity index is 1.61. The Kier molecular flexibility index (Phi) is 3.71. The summed E-state index contributed by atoms with van der Waals surface area (Å²) in [6, 6.07) is 1.99. The van der Waals surface area contributed by atoms with E-state index in [1.165, 1.54) is 0 Å². The average molecular weight is 276 g/mol. The van der Waals surface area contributed by atoms with Gasteiger partial charge in [0.25, 0.3) is 0 Å². The molecule has 2 atom stereocenters. The van der Waals surface area contributed by atoms with E-state index in [-0.39, 0.29) is 17.7 Å². The highest BCUT2D eigenvalue weighted by Crippen LogP contribution is 2.27. The summed E-state index contributed by atoms with van der Waals surface area (Å²) >= 11 is 0. The molecule has 0 radical (unpaired) electrons. The number of aromatic amines is 1. The Morgan fingerprint density at radius 2 is 2.30 bits per heavy atom. The van der Waals surface area contributed by atoms with Gasteiger partial charge in [0.15, 0.2) is 0 Å². The molecule has 0 saturated carbocycles. The van der Waals surface area contributed by atoms with Crippen LogP contribution in [0.25, 0.3) is 0 Å². The lowest BCUT2D eigenvalue weighted by Gasteiger charge is -2.35. The van der Waals surface area contributed by atoms with Crippen molar-refractivity contribution < 1.29 is 9.59 Å². The van der Waals surface area contributed by atoms with Gasteiger partial charge in [0.05, 0.1) is 5.92 Å². The zero-order valence-electron chi connectivity index (χ0n) is 11.5. The maximum atomic E-state index is 12.5. The molecule has 0 spiro atoms. The molecule has 6 heteroatoms. The lowest BCUT2D eigenvalue weighted by molar-refractivity contribution is -0.138. The minimum Gasteiger partial charge on any atom is -0.355 e. The lowest BCUT2D eigenvalue weighted by atomic mass is 9.92. The van der Waals surface area contributed by atoms with Crippen molar-refractivity contribution in [1.29, 1.82) is 0 Å². The fraction of sp³-hybridized carbons (Fsp3) is 0.643. The molecular weight excluding hydrogens is 256 g/mol. The van der Waals surface area contributed by atoms with Crippen molar-refractivity contribution in [2.45, 2.75) is 31.6 Å². The van der Waals surface area contributed by atoms with Crippen LogP contribution in [-0.2, 0) is 9.59 Å². The van der Waals surface area contributed by atoms with Crippen LogP contribution in [0.2, 0.25) is 0 Å². The molecule has 1 aromatic rings. The number of hydrogen-bond donors (Lipinski definition) is 2. The second kappa shape index (κ2) is 5.64. The standard InChI is InChI=1S/C14H20N4O2/c19-13-4-3-10(8-15-13)14(20)18-7-1-2-11(9-18)12-5-6-16-17-12/h5-6,10-11H,1-4,7-9H2,(H,15,19)(H,16,17). The molecule has 3 rings (SSSR count). The first-order chi connectivity index (χ1) is 9.74. The molecule has 2 aliphatic rings. The van der Waals surface area contributed by atoms with E-state index in [4.69, 9.17) is 0 Å². The van der Waals surface area contributed by atoms with Crippen LogP contribution in [0, 0.1) is 5.92 Å². The van der Waals surface area contributed by atoms with Crippen molar-refractivity contribution in [3.05, 3.63) is 18.0 Å². The molecule has 2 saturated heterocycles. The number of aromatic nitrogens is 2. The second-order valence-electron chi connectivity index (χ2n) is 5.68.